The van der Waals surface area contributed by atoms with E-state index in [9.17, 15) is 4.79 Å². The van der Waals surface area contributed by atoms with E-state index in [1.807, 2.05) is 45.0 Å². The van der Waals surface area contributed by atoms with Gasteiger partial charge in [-0.1, -0.05) is 45.0 Å². The van der Waals surface area contributed by atoms with E-state index >= 15 is 0 Å². The minimum atomic E-state index is -0.186. The minimum absolute atomic E-state index is 0.115. The highest BCUT2D eigenvalue weighted by atomic mass is 16.1. The Morgan fingerprint density at radius 3 is 2.50 bits per heavy atom. The minimum Gasteiger partial charge on any atom is -0.370 e. The Balaban J connectivity index is 1.95. The molecule has 0 atom stereocenters. The molecule has 0 amide bonds. The van der Waals surface area contributed by atoms with Crippen molar-refractivity contribution in [1.29, 1.82) is 0 Å². The van der Waals surface area contributed by atoms with Crippen LogP contribution in [-0.4, -0.2) is 29.0 Å². The molecule has 7 heteroatoms. The summed E-state index contributed by atoms with van der Waals surface area (Å²) in [6.07, 6.45) is 2.52. The Kier molecular flexibility index (Phi) is 6.52. The molecule has 0 fully saturated rings. The summed E-state index contributed by atoms with van der Waals surface area (Å²) in [5.74, 6) is 0.813. The van der Waals surface area contributed by atoms with Crippen molar-refractivity contribution < 1.29 is 0 Å². The van der Waals surface area contributed by atoms with E-state index in [0.717, 1.165) is 30.6 Å². The Morgan fingerprint density at radius 1 is 1.23 bits per heavy atom. The van der Waals surface area contributed by atoms with Crippen molar-refractivity contribution in [3.8, 4) is 11.1 Å². The van der Waals surface area contributed by atoms with E-state index in [0.29, 0.717) is 17.9 Å². The monoisotopic (exact) mass is 356 g/mol. The maximum Gasteiger partial charge on any atom is 0.258 e. The molecule has 1 heterocycles. The zero-order valence-corrected chi connectivity index (χ0v) is 15.7. The lowest BCUT2D eigenvalue weighted by molar-refractivity contribution is 0.543. The molecule has 0 radical (unpaired) electrons. The fourth-order valence-corrected chi connectivity index (χ4v) is 2.43. The van der Waals surface area contributed by atoms with Crippen LogP contribution in [0.3, 0.4) is 0 Å². The predicted octanol–water partition coefficient (Wildman–Crippen LogP) is 1.49. The third-order valence-corrected chi connectivity index (χ3v) is 3.91. The summed E-state index contributed by atoms with van der Waals surface area (Å²) in [5, 5.41) is 3.34. The second-order valence-corrected chi connectivity index (χ2v) is 7.26. The molecule has 7 nitrogen and oxygen atoms in total. The lowest BCUT2D eigenvalue weighted by Crippen LogP contribution is -2.23. The van der Waals surface area contributed by atoms with Gasteiger partial charge in [-0.3, -0.25) is 9.79 Å². The first-order chi connectivity index (χ1) is 12.3. The van der Waals surface area contributed by atoms with Crippen LogP contribution in [0, 0.1) is 0 Å². The summed E-state index contributed by atoms with van der Waals surface area (Å²) in [6.45, 7) is 8.25. The zero-order valence-electron chi connectivity index (χ0n) is 15.7. The molecular formula is C19H28N6O. The normalized spacial score (nSPS) is 11.3. The molecule has 1 aromatic heterocycles. The highest BCUT2D eigenvalue weighted by Gasteiger charge is 2.17. The third kappa shape index (κ3) is 5.70. The van der Waals surface area contributed by atoms with E-state index in [2.05, 4.69) is 20.3 Å². The largest absolute Gasteiger partial charge is 0.370 e. The summed E-state index contributed by atoms with van der Waals surface area (Å²) >= 11 is 0. The number of nitrogens with two attached hydrogens (primary N) is 2. The SMILES string of the molecule is CC(C)(C)c1ncc(-c2ccc(CNCCCN=C(N)N)cc2)c(=O)[nH]1. The number of aliphatic imine (C=N–C) groups is 1. The van der Waals surface area contributed by atoms with Gasteiger partial charge >= 0.3 is 0 Å². The van der Waals surface area contributed by atoms with Gasteiger partial charge in [0, 0.05) is 24.7 Å². The third-order valence-electron chi connectivity index (χ3n) is 3.91. The molecule has 0 aliphatic carbocycles. The van der Waals surface area contributed by atoms with E-state index in [-0.39, 0.29) is 16.9 Å². The van der Waals surface area contributed by atoms with Gasteiger partial charge in [0.05, 0.1) is 5.56 Å². The first-order valence-electron chi connectivity index (χ1n) is 8.72. The number of benzene rings is 1. The Bertz CT molecular complexity index is 798. The molecule has 0 spiro atoms. The van der Waals surface area contributed by atoms with Crippen LogP contribution in [0.5, 0.6) is 0 Å². The van der Waals surface area contributed by atoms with Crippen molar-refractivity contribution in [2.45, 2.75) is 39.2 Å². The van der Waals surface area contributed by atoms with Crippen LogP contribution in [0.2, 0.25) is 0 Å². The first kappa shape index (κ1) is 19.7. The number of hydrogen-bond acceptors (Lipinski definition) is 4. The van der Waals surface area contributed by atoms with Crippen molar-refractivity contribution in [3.05, 3.63) is 52.2 Å². The van der Waals surface area contributed by atoms with Crippen LogP contribution in [0.25, 0.3) is 11.1 Å². The molecule has 0 aliphatic heterocycles. The molecule has 0 unspecified atom stereocenters. The highest BCUT2D eigenvalue weighted by Crippen LogP contribution is 2.19. The Labute approximate surface area is 153 Å². The smallest absolute Gasteiger partial charge is 0.258 e. The number of aromatic nitrogens is 2. The summed E-state index contributed by atoms with van der Waals surface area (Å²) in [7, 11) is 0. The first-order valence-corrected chi connectivity index (χ1v) is 8.72. The lowest BCUT2D eigenvalue weighted by Gasteiger charge is -2.17. The fourth-order valence-electron chi connectivity index (χ4n) is 2.43. The molecule has 6 N–H and O–H groups in total. The second kappa shape index (κ2) is 8.62. The van der Waals surface area contributed by atoms with Crippen molar-refractivity contribution >= 4 is 5.96 Å². The van der Waals surface area contributed by atoms with Gasteiger partial charge in [0.25, 0.3) is 5.56 Å². The van der Waals surface area contributed by atoms with Crippen molar-refractivity contribution in [3.63, 3.8) is 0 Å². The number of H-pyrrole nitrogens is 1. The van der Waals surface area contributed by atoms with Crippen molar-refractivity contribution in [2.24, 2.45) is 16.5 Å². The molecule has 0 bridgehead atoms. The van der Waals surface area contributed by atoms with Gasteiger partial charge in [0.1, 0.15) is 5.82 Å². The van der Waals surface area contributed by atoms with Gasteiger partial charge in [-0.25, -0.2) is 4.98 Å². The lowest BCUT2D eigenvalue weighted by atomic mass is 9.95. The average Bonchev–Trinajstić information content (AvgIpc) is 2.57. The topological polar surface area (TPSA) is 122 Å². The van der Waals surface area contributed by atoms with Crippen molar-refractivity contribution in [1.82, 2.24) is 15.3 Å². The van der Waals surface area contributed by atoms with Gasteiger partial charge in [-0.2, -0.15) is 0 Å². The molecule has 0 aliphatic rings. The fraction of sp³-hybridized carbons (Fsp3) is 0.421. The molecule has 1 aromatic carbocycles. The summed E-state index contributed by atoms with van der Waals surface area (Å²) in [4.78, 5) is 23.6. The quantitative estimate of drug-likeness (QED) is 0.340. The predicted molar refractivity (Wildman–Crippen MR) is 106 cm³/mol. The maximum absolute atomic E-state index is 12.4. The van der Waals surface area contributed by atoms with Gasteiger partial charge < -0.3 is 21.8 Å². The van der Waals surface area contributed by atoms with Crippen LogP contribution in [0.15, 0.2) is 40.2 Å². The van der Waals surface area contributed by atoms with Crippen LogP contribution in [0.1, 0.15) is 38.6 Å². The number of nitrogens with one attached hydrogen (secondary N) is 2. The maximum atomic E-state index is 12.4. The van der Waals surface area contributed by atoms with E-state index < -0.39 is 0 Å². The van der Waals surface area contributed by atoms with Crippen molar-refractivity contribution in [2.75, 3.05) is 13.1 Å². The zero-order chi connectivity index (χ0) is 19.2. The number of guanidine groups is 1. The number of rotatable bonds is 7. The van der Waals surface area contributed by atoms with Gasteiger partial charge in [-0.15, -0.1) is 0 Å². The molecular weight excluding hydrogens is 328 g/mol. The molecule has 0 saturated heterocycles. The second-order valence-electron chi connectivity index (χ2n) is 7.26. The van der Waals surface area contributed by atoms with E-state index in [1.54, 1.807) is 6.20 Å². The summed E-state index contributed by atoms with van der Waals surface area (Å²) in [5.41, 5.74) is 12.8. The molecule has 140 valence electrons. The van der Waals surface area contributed by atoms with E-state index in [1.165, 1.54) is 0 Å². The number of aromatic amines is 1. The average molecular weight is 356 g/mol. The summed E-state index contributed by atoms with van der Waals surface area (Å²) in [6, 6.07) is 7.91. The van der Waals surface area contributed by atoms with Gasteiger partial charge in [0.2, 0.25) is 0 Å². The van der Waals surface area contributed by atoms with Crippen LogP contribution >= 0.6 is 0 Å². The number of nitrogens with zero attached hydrogens (tertiary/aromatic N) is 2. The molecule has 2 rings (SSSR count). The van der Waals surface area contributed by atoms with Crippen LogP contribution in [-0.2, 0) is 12.0 Å². The highest BCUT2D eigenvalue weighted by molar-refractivity contribution is 5.75. The van der Waals surface area contributed by atoms with Gasteiger partial charge in [-0.05, 0) is 24.1 Å². The van der Waals surface area contributed by atoms with E-state index in [4.69, 9.17) is 11.5 Å². The molecule has 2 aromatic rings. The van der Waals surface area contributed by atoms with Crippen LogP contribution < -0.4 is 22.3 Å². The van der Waals surface area contributed by atoms with Gasteiger partial charge in [0.15, 0.2) is 5.96 Å². The number of hydrogen-bond donors (Lipinski definition) is 4. The standard InChI is InChI=1S/C19H28N6O/c1-19(2,3)17-24-12-15(16(26)25-17)14-7-5-13(6-8-14)11-22-9-4-10-23-18(20)21/h5-8,12,22H,4,9-11H2,1-3H3,(H4,20,21,23)(H,24,25,26). The summed E-state index contributed by atoms with van der Waals surface area (Å²) < 4.78 is 0. The van der Waals surface area contributed by atoms with Crippen LogP contribution in [0.4, 0.5) is 0 Å². The Hall–Kier alpha value is -2.67. The Morgan fingerprint density at radius 2 is 1.92 bits per heavy atom. The molecule has 0 saturated carbocycles. The molecule has 26 heavy (non-hydrogen) atoms.